The fraction of sp³-hybridized carbons (Fsp3) is 0.500. The minimum Gasteiger partial charge on any atom is -0.312 e. The molecular weight excluding hydrogens is 226 g/mol. The van der Waals surface area contributed by atoms with E-state index in [9.17, 15) is 9.59 Å². The fourth-order valence-corrected chi connectivity index (χ4v) is 2.45. The second-order valence-corrected chi connectivity index (χ2v) is 4.54. The molecule has 0 saturated heterocycles. The number of hydrogen-bond acceptors (Lipinski definition) is 2. The summed E-state index contributed by atoms with van der Waals surface area (Å²) in [6, 6.07) is 3.43. The van der Waals surface area contributed by atoms with Crippen LogP contribution in [0.4, 0.5) is 0 Å². The quantitative estimate of drug-likeness (QED) is 0.745. The second kappa shape index (κ2) is 4.83. The summed E-state index contributed by atoms with van der Waals surface area (Å²) in [5.74, 6) is 0. The van der Waals surface area contributed by atoms with Gasteiger partial charge < -0.3 is 4.57 Å². The Kier molecular flexibility index (Phi) is 3.44. The minimum atomic E-state index is -0.671. The van der Waals surface area contributed by atoms with E-state index in [0.717, 1.165) is 25.7 Å². The number of carbonyl (C=O) groups excluding carboxylic acids is 1. The molecular formula is C12H14ClNO2. The molecule has 86 valence electrons. The molecule has 1 saturated carbocycles. The highest BCUT2D eigenvalue weighted by atomic mass is 35.5. The van der Waals surface area contributed by atoms with E-state index in [2.05, 4.69) is 0 Å². The molecule has 16 heavy (non-hydrogen) atoms. The number of pyridine rings is 1. The molecule has 1 fully saturated rings. The first-order valence-electron chi connectivity index (χ1n) is 5.61. The van der Waals surface area contributed by atoms with Crippen molar-refractivity contribution in [2.24, 2.45) is 0 Å². The SMILES string of the molecule is O=C(Cl)c1cccn(C2CCCCC2)c1=O. The van der Waals surface area contributed by atoms with E-state index < -0.39 is 5.24 Å². The molecule has 4 heteroatoms. The lowest BCUT2D eigenvalue weighted by molar-refractivity contribution is 0.107. The summed E-state index contributed by atoms with van der Waals surface area (Å²) < 4.78 is 1.66. The normalized spacial score (nSPS) is 17.3. The van der Waals surface area contributed by atoms with Gasteiger partial charge in [-0.2, -0.15) is 0 Å². The van der Waals surface area contributed by atoms with Crippen LogP contribution in [0.1, 0.15) is 48.5 Å². The lowest BCUT2D eigenvalue weighted by Crippen LogP contribution is -2.29. The van der Waals surface area contributed by atoms with Crippen LogP contribution in [0.5, 0.6) is 0 Å². The number of aromatic nitrogens is 1. The highest BCUT2D eigenvalue weighted by molar-refractivity contribution is 6.67. The van der Waals surface area contributed by atoms with Gasteiger partial charge >= 0.3 is 0 Å². The molecule has 0 amide bonds. The monoisotopic (exact) mass is 239 g/mol. The van der Waals surface area contributed by atoms with Crippen LogP contribution in [-0.4, -0.2) is 9.81 Å². The first-order chi connectivity index (χ1) is 7.70. The lowest BCUT2D eigenvalue weighted by Gasteiger charge is -2.23. The van der Waals surface area contributed by atoms with Crippen molar-refractivity contribution in [2.75, 3.05) is 0 Å². The average Bonchev–Trinajstić information content (AvgIpc) is 2.30. The Morgan fingerprint density at radius 3 is 2.62 bits per heavy atom. The largest absolute Gasteiger partial charge is 0.312 e. The van der Waals surface area contributed by atoms with Gasteiger partial charge in [-0.25, -0.2) is 0 Å². The summed E-state index contributed by atoms with van der Waals surface area (Å²) >= 11 is 5.37. The third-order valence-electron chi connectivity index (χ3n) is 3.15. The predicted molar refractivity (Wildman–Crippen MR) is 63.0 cm³/mol. The Morgan fingerprint density at radius 2 is 2.00 bits per heavy atom. The molecule has 1 aliphatic carbocycles. The van der Waals surface area contributed by atoms with Crippen LogP contribution in [-0.2, 0) is 0 Å². The number of hydrogen-bond donors (Lipinski definition) is 0. The van der Waals surface area contributed by atoms with E-state index >= 15 is 0 Å². The molecule has 2 rings (SSSR count). The van der Waals surface area contributed by atoms with E-state index in [4.69, 9.17) is 11.6 Å². The van der Waals surface area contributed by atoms with Crippen molar-refractivity contribution in [2.45, 2.75) is 38.1 Å². The third-order valence-corrected chi connectivity index (χ3v) is 3.36. The minimum absolute atomic E-state index is 0.0785. The summed E-state index contributed by atoms with van der Waals surface area (Å²) in [7, 11) is 0. The molecule has 0 atom stereocenters. The van der Waals surface area contributed by atoms with Crippen molar-refractivity contribution in [3.8, 4) is 0 Å². The van der Waals surface area contributed by atoms with E-state index in [1.165, 1.54) is 12.5 Å². The number of nitrogens with zero attached hydrogens (tertiary/aromatic N) is 1. The lowest BCUT2D eigenvalue weighted by atomic mass is 9.95. The van der Waals surface area contributed by atoms with E-state index in [-0.39, 0.29) is 17.2 Å². The maximum absolute atomic E-state index is 12.0. The molecule has 0 unspecified atom stereocenters. The topological polar surface area (TPSA) is 39.1 Å². The smallest absolute Gasteiger partial charge is 0.262 e. The van der Waals surface area contributed by atoms with Crippen LogP contribution in [0.2, 0.25) is 0 Å². The van der Waals surface area contributed by atoms with E-state index in [1.807, 2.05) is 0 Å². The molecule has 0 bridgehead atoms. The van der Waals surface area contributed by atoms with Gasteiger partial charge in [0.1, 0.15) is 0 Å². The zero-order valence-corrected chi connectivity index (χ0v) is 9.74. The van der Waals surface area contributed by atoms with Gasteiger partial charge in [-0.3, -0.25) is 9.59 Å². The molecule has 0 spiro atoms. The number of halogens is 1. The maximum atomic E-state index is 12.0. The summed E-state index contributed by atoms with van der Waals surface area (Å²) in [5.41, 5.74) is -0.177. The standard InChI is InChI=1S/C12H14ClNO2/c13-11(15)10-7-4-8-14(12(10)16)9-5-2-1-3-6-9/h4,7-9H,1-3,5-6H2. The van der Waals surface area contributed by atoms with Gasteiger partial charge in [0.05, 0.1) is 5.56 Å². The van der Waals surface area contributed by atoms with Crippen molar-refractivity contribution in [3.05, 3.63) is 34.2 Å². The molecule has 3 nitrogen and oxygen atoms in total. The zero-order valence-electron chi connectivity index (χ0n) is 8.99. The summed E-state index contributed by atoms with van der Waals surface area (Å²) in [6.07, 6.45) is 7.31. The van der Waals surface area contributed by atoms with Crippen LogP contribution in [0.15, 0.2) is 23.1 Å². The number of rotatable bonds is 2. The number of carbonyl (C=O) groups is 1. The Bertz CT molecular complexity index is 447. The second-order valence-electron chi connectivity index (χ2n) is 4.20. The van der Waals surface area contributed by atoms with Gasteiger partial charge in [-0.15, -0.1) is 0 Å². The molecule has 0 aliphatic heterocycles. The van der Waals surface area contributed by atoms with Crippen molar-refractivity contribution < 1.29 is 4.79 Å². The van der Waals surface area contributed by atoms with Gasteiger partial charge in [0.2, 0.25) is 0 Å². The molecule has 0 N–H and O–H groups in total. The van der Waals surface area contributed by atoms with Crippen molar-refractivity contribution in [3.63, 3.8) is 0 Å². The third kappa shape index (κ3) is 2.19. The Labute approximate surface area is 99.0 Å². The molecule has 0 radical (unpaired) electrons. The molecule has 1 heterocycles. The van der Waals surface area contributed by atoms with Gasteiger partial charge in [-0.1, -0.05) is 19.3 Å². The summed E-state index contributed by atoms with van der Waals surface area (Å²) in [4.78, 5) is 23.0. The van der Waals surface area contributed by atoms with E-state index in [0.29, 0.717) is 0 Å². The molecule has 0 aromatic carbocycles. The van der Waals surface area contributed by atoms with Crippen LogP contribution in [0, 0.1) is 0 Å². The first kappa shape index (κ1) is 11.4. The first-order valence-corrected chi connectivity index (χ1v) is 5.99. The molecule has 1 aliphatic rings. The van der Waals surface area contributed by atoms with Gasteiger partial charge in [0.15, 0.2) is 0 Å². The highest BCUT2D eigenvalue weighted by Gasteiger charge is 2.18. The Morgan fingerprint density at radius 1 is 1.31 bits per heavy atom. The van der Waals surface area contributed by atoms with E-state index in [1.54, 1.807) is 16.8 Å². The van der Waals surface area contributed by atoms with Crippen LogP contribution in [0.3, 0.4) is 0 Å². The van der Waals surface area contributed by atoms with Gasteiger partial charge in [0.25, 0.3) is 10.8 Å². The van der Waals surface area contributed by atoms with Crippen LogP contribution < -0.4 is 5.56 Å². The van der Waals surface area contributed by atoms with Crippen molar-refractivity contribution in [1.29, 1.82) is 0 Å². The van der Waals surface area contributed by atoms with Gasteiger partial charge in [0, 0.05) is 12.2 Å². The van der Waals surface area contributed by atoms with Gasteiger partial charge in [-0.05, 0) is 36.6 Å². The maximum Gasteiger partial charge on any atom is 0.262 e. The Balaban J connectivity index is 2.37. The Hall–Kier alpha value is -1.09. The predicted octanol–water partition coefficient (Wildman–Crippen LogP) is 2.73. The molecule has 1 aromatic rings. The van der Waals surface area contributed by atoms with Crippen molar-refractivity contribution in [1.82, 2.24) is 4.57 Å². The molecule has 1 aromatic heterocycles. The fourth-order valence-electron chi connectivity index (χ4n) is 2.31. The van der Waals surface area contributed by atoms with Crippen LogP contribution in [0.25, 0.3) is 0 Å². The summed E-state index contributed by atoms with van der Waals surface area (Å²) in [5, 5.41) is -0.671. The zero-order chi connectivity index (χ0) is 11.5. The van der Waals surface area contributed by atoms with Crippen molar-refractivity contribution >= 4 is 16.8 Å². The average molecular weight is 240 g/mol. The highest BCUT2D eigenvalue weighted by Crippen LogP contribution is 2.26. The summed E-state index contributed by atoms with van der Waals surface area (Å²) in [6.45, 7) is 0. The van der Waals surface area contributed by atoms with Crippen LogP contribution >= 0.6 is 11.6 Å².